The maximum absolute atomic E-state index is 10.6. The van der Waals surface area contributed by atoms with Gasteiger partial charge < -0.3 is 14.4 Å². The second-order valence-corrected chi connectivity index (χ2v) is 3.01. The molecule has 0 saturated heterocycles. The summed E-state index contributed by atoms with van der Waals surface area (Å²) in [6.45, 7) is 1.57. The van der Waals surface area contributed by atoms with Crippen LogP contribution in [0.3, 0.4) is 0 Å². The van der Waals surface area contributed by atoms with E-state index in [4.69, 9.17) is 9.52 Å². The molecule has 1 rings (SSSR count). The fourth-order valence-corrected chi connectivity index (χ4v) is 0.807. The monoisotopic (exact) mass is 184 g/mol. The Morgan fingerprint density at radius 3 is 2.69 bits per heavy atom. The first-order valence-electron chi connectivity index (χ1n) is 3.88. The minimum absolute atomic E-state index is 0.420. The number of oxazole rings is 1. The summed E-state index contributed by atoms with van der Waals surface area (Å²) in [7, 11) is 3.56. The largest absolute Gasteiger partial charge is 0.481 e. The van der Waals surface area contributed by atoms with E-state index in [2.05, 4.69) is 4.98 Å². The van der Waals surface area contributed by atoms with Crippen LogP contribution in [0.5, 0.6) is 0 Å². The quantitative estimate of drug-likeness (QED) is 0.756. The highest BCUT2D eigenvalue weighted by molar-refractivity contribution is 5.74. The molecule has 72 valence electrons. The molecule has 0 aliphatic carbocycles. The molecule has 13 heavy (non-hydrogen) atoms. The standard InChI is InChI=1S/C8H12N2O3/c1-5(7(11)12)6-4-13-8(9-6)10(2)3/h4-5H,1-3H3,(H,11,12). The number of carbonyl (C=O) groups is 1. The van der Waals surface area contributed by atoms with Crippen molar-refractivity contribution in [2.24, 2.45) is 0 Å². The molecule has 0 aliphatic rings. The summed E-state index contributed by atoms with van der Waals surface area (Å²) >= 11 is 0. The lowest BCUT2D eigenvalue weighted by Crippen LogP contribution is -2.11. The molecule has 1 unspecified atom stereocenters. The maximum Gasteiger partial charge on any atom is 0.312 e. The Bertz CT molecular complexity index is 306. The predicted octanol–water partition coefficient (Wildman–Crippen LogP) is 0.929. The highest BCUT2D eigenvalue weighted by Gasteiger charge is 2.18. The van der Waals surface area contributed by atoms with Gasteiger partial charge in [-0.3, -0.25) is 4.79 Å². The number of rotatable bonds is 3. The molecule has 5 nitrogen and oxygen atoms in total. The molecule has 0 bridgehead atoms. The number of hydrogen-bond acceptors (Lipinski definition) is 4. The third-order valence-electron chi connectivity index (χ3n) is 1.71. The van der Waals surface area contributed by atoms with Gasteiger partial charge in [-0.25, -0.2) is 0 Å². The number of aromatic nitrogens is 1. The van der Waals surface area contributed by atoms with Crippen LogP contribution < -0.4 is 4.90 Å². The molecular formula is C8H12N2O3. The second-order valence-electron chi connectivity index (χ2n) is 3.01. The van der Waals surface area contributed by atoms with Crippen molar-refractivity contribution < 1.29 is 14.3 Å². The molecule has 0 fully saturated rings. The zero-order valence-electron chi connectivity index (χ0n) is 7.81. The Kier molecular flexibility index (Phi) is 2.55. The summed E-state index contributed by atoms with van der Waals surface area (Å²) in [6.07, 6.45) is 1.37. The molecule has 0 aromatic carbocycles. The second kappa shape index (κ2) is 3.47. The zero-order chi connectivity index (χ0) is 10.0. The Hall–Kier alpha value is -1.52. The summed E-state index contributed by atoms with van der Waals surface area (Å²) in [5.74, 6) is -1.53. The van der Waals surface area contributed by atoms with Crippen LogP contribution in [0.25, 0.3) is 0 Å². The van der Waals surface area contributed by atoms with E-state index in [1.54, 1.807) is 25.9 Å². The number of anilines is 1. The Balaban J connectivity index is 2.85. The molecule has 0 spiro atoms. The summed E-state index contributed by atoms with van der Waals surface area (Å²) in [5, 5.41) is 8.69. The van der Waals surface area contributed by atoms with E-state index in [9.17, 15) is 4.79 Å². The van der Waals surface area contributed by atoms with Gasteiger partial charge in [-0.05, 0) is 6.92 Å². The average Bonchev–Trinajstić information content (AvgIpc) is 2.50. The molecule has 1 aromatic heterocycles. The van der Waals surface area contributed by atoms with Gasteiger partial charge in [0.2, 0.25) is 0 Å². The van der Waals surface area contributed by atoms with Crippen molar-refractivity contribution in [2.75, 3.05) is 19.0 Å². The van der Waals surface area contributed by atoms with Crippen molar-refractivity contribution in [1.29, 1.82) is 0 Å². The van der Waals surface area contributed by atoms with E-state index in [1.165, 1.54) is 6.26 Å². The lowest BCUT2D eigenvalue weighted by molar-refractivity contribution is -0.138. The van der Waals surface area contributed by atoms with Gasteiger partial charge in [0.05, 0.1) is 11.6 Å². The molecule has 0 saturated carbocycles. The van der Waals surface area contributed by atoms with E-state index in [0.717, 1.165) is 0 Å². The lowest BCUT2D eigenvalue weighted by Gasteiger charge is -2.04. The van der Waals surface area contributed by atoms with Gasteiger partial charge >= 0.3 is 5.97 Å². The third kappa shape index (κ3) is 1.99. The van der Waals surface area contributed by atoms with Crippen molar-refractivity contribution in [3.63, 3.8) is 0 Å². The molecule has 0 aliphatic heterocycles. The van der Waals surface area contributed by atoms with Crippen molar-refractivity contribution in [1.82, 2.24) is 4.98 Å². The van der Waals surface area contributed by atoms with Gasteiger partial charge in [-0.1, -0.05) is 0 Å². The highest BCUT2D eigenvalue weighted by atomic mass is 16.4. The van der Waals surface area contributed by atoms with Gasteiger partial charge in [0.25, 0.3) is 6.01 Å². The third-order valence-corrected chi connectivity index (χ3v) is 1.71. The van der Waals surface area contributed by atoms with Gasteiger partial charge in [0, 0.05) is 14.1 Å². The van der Waals surface area contributed by atoms with Crippen LogP contribution in [0.4, 0.5) is 6.01 Å². The summed E-state index contributed by atoms with van der Waals surface area (Å²) in [5.41, 5.74) is 0.441. The molecule has 0 radical (unpaired) electrons. The lowest BCUT2D eigenvalue weighted by atomic mass is 10.1. The SMILES string of the molecule is CC(C(=O)O)c1coc(N(C)C)n1. The van der Waals surface area contributed by atoms with Crippen molar-refractivity contribution in [3.8, 4) is 0 Å². The summed E-state index contributed by atoms with van der Waals surface area (Å²) in [6, 6.07) is 0.420. The van der Waals surface area contributed by atoms with Crippen LogP contribution >= 0.6 is 0 Å². The van der Waals surface area contributed by atoms with Crippen LogP contribution in [0.2, 0.25) is 0 Å². The van der Waals surface area contributed by atoms with Crippen molar-refractivity contribution in [2.45, 2.75) is 12.8 Å². The topological polar surface area (TPSA) is 66.6 Å². The van der Waals surface area contributed by atoms with E-state index in [1.807, 2.05) is 0 Å². The Labute approximate surface area is 76.0 Å². The molecule has 0 amide bonds. The minimum Gasteiger partial charge on any atom is -0.481 e. The van der Waals surface area contributed by atoms with E-state index in [0.29, 0.717) is 11.7 Å². The number of carboxylic acids is 1. The van der Waals surface area contributed by atoms with Gasteiger partial charge in [-0.15, -0.1) is 0 Å². The first-order chi connectivity index (χ1) is 6.02. The Morgan fingerprint density at radius 2 is 2.31 bits per heavy atom. The molecule has 1 atom stereocenters. The van der Waals surface area contributed by atoms with Crippen molar-refractivity contribution in [3.05, 3.63) is 12.0 Å². The zero-order valence-corrected chi connectivity index (χ0v) is 7.81. The first-order valence-corrected chi connectivity index (χ1v) is 3.88. The molecule has 1 N–H and O–H groups in total. The highest BCUT2D eigenvalue weighted by Crippen LogP contribution is 2.18. The van der Waals surface area contributed by atoms with Crippen LogP contribution in [0, 0.1) is 0 Å². The number of nitrogens with zero attached hydrogens (tertiary/aromatic N) is 2. The summed E-state index contributed by atoms with van der Waals surface area (Å²) < 4.78 is 5.05. The van der Waals surface area contributed by atoms with E-state index < -0.39 is 11.9 Å². The normalized spacial score (nSPS) is 12.5. The maximum atomic E-state index is 10.6. The molecule has 5 heteroatoms. The van der Waals surface area contributed by atoms with Crippen LogP contribution in [0.1, 0.15) is 18.5 Å². The van der Waals surface area contributed by atoms with Gasteiger partial charge in [0.1, 0.15) is 6.26 Å². The number of hydrogen-bond donors (Lipinski definition) is 1. The Morgan fingerprint density at radius 1 is 1.69 bits per heavy atom. The van der Waals surface area contributed by atoms with E-state index in [-0.39, 0.29) is 0 Å². The van der Waals surface area contributed by atoms with Crippen LogP contribution in [-0.2, 0) is 4.79 Å². The predicted molar refractivity (Wildman–Crippen MR) is 46.9 cm³/mol. The fraction of sp³-hybridized carbons (Fsp3) is 0.500. The summed E-state index contributed by atoms with van der Waals surface area (Å²) in [4.78, 5) is 16.3. The number of carboxylic acid groups (broad SMARTS) is 1. The van der Waals surface area contributed by atoms with Gasteiger partial charge in [0.15, 0.2) is 0 Å². The average molecular weight is 184 g/mol. The fourth-order valence-electron chi connectivity index (χ4n) is 0.807. The van der Waals surface area contributed by atoms with Crippen LogP contribution in [-0.4, -0.2) is 30.2 Å². The van der Waals surface area contributed by atoms with Gasteiger partial charge in [-0.2, -0.15) is 4.98 Å². The molecule has 1 aromatic rings. The van der Waals surface area contributed by atoms with Crippen LogP contribution in [0.15, 0.2) is 10.7 Å². The minimum atomic E-state index is -0.904. The molecular weight excluding hydrogens is 172 g/mol. The number of aliphatic carboxylic acids is 1. The smallest absolute Gasteiger partial charge is 0.312 e. The van der Waals surface area contributed by atoms with Crippen molar-refractivity contribution >= 4 is 12.0 Å². The van der Waals surface area contributed by atoms with E-state index >= 15 is 0 Å². The molecule has 1 heterocycles. The first kappa shape index (κ1) is 9.57.